The van der Waals surface area contributed by atoms with Crippen molar-refractivity contribution in [2.24, 2.45) is 0 Å². The number of aliphatic hydroxyl groups is 1. The van der Waals surface area contributed by atoms with Crippen LogP contribution in [0.4, 0.5) is 0 Å². The number of hydrogen-bond acceptors (Lipinski definition) is 3. The molecule has 0 aliphatic carbocycles. The third-order valence-corrected chi connectivity index (χ3v) is 6.75. The molecule has 27 heavy (non-hydrogen) atoms. The first-order chi connectivity index (χ1) is 13.2. The predicted molar refractivity (Wildman–Crippen MR) is 114 cm³/mol. The Morgan fingerprint density at radius 3 is 2.30 bits per heavy atom. The molecule has 0 aromatic heterocycles. The SMILES string of the molecule is OC1CCN(Cc2ccc(Br)cc2)CC1N1CCC(c2ccccc2)CC1. The maximum atomic E-state index is 10.6. The van der Waals surface area contributed by atoms with Crippen LogP contribution in [0.2, 0.25) is 0 Å². The van der Waals surface area contributed by atoms with E-state index in [1.165, 1.54) is 24.0 Å². The van der Waals surface area contributed by atoms with Crippen LogP contribution in [0.5, 0.6) is 0 Å². The van der Waals surface area contributed by atoms with Crippen molar-refractivity contribution in [1.29, 1.82) is 0 Å². The lowest BCUT2D eigenvalue weighted by atomic mass is 9.88. The molecule has 2 aliphatic rings. The molecule has 0 spiro atoms. The third kappa shape index (κ3) is 4.80. The summed E-state index contributed by atoms with van der Waals surface area (Å²) in [7, 11) is 0. The zero-order chi connectivity index (χ0) is 18.6. The lowest BCUT2D eigenvalue weighted by Crippen LogP contribution is -2.56. The van der Waals surface area contributed by atoms with E-state index < -0.39 is 0 Å². The number of piperidine rings is 2. The maximum Gasteiger partial charge on any atom is 0.0720 e. The van der Waals surface area contributed by atoms with Crippen LogP contribution in [0.25, 0.3) is 0 Å². The second-order valence-corrected chi connectivity index (χ2v) is 8.92. The van der Waals surface area contributed by atoms with Gasteiger partial charge in [0.05, 0.1) is 6.10 Å². The van der Waals surface area contributed by atoms with Gasteiger partial charge in [-0.25, -0.2) is 0 Å². The van der Waals surface area contributed by atoms with Gasteiger partial charge in [0.15, 0.2) is 0 Å². The second kappa shape index (κ2) is 8.87. The van der Waals surface area contributed by atoms with Crippen molar-refractivity contribution in [2.75, 3.05) is 26.2 Å². The van der Waals surface area contributed by atoms with Crippen molar-refractivity contribution < 1.29 is 5.11 Å². The minimum Gasteiger partial charge on any atom is -0.391 e. The van der Waals surface area contributed by atoms with Crippen molar-refractivity contribution in [1.82, 2.24) is 9.80 Å². The molecule has 0 radical (unpaired) electrons. The summed E-state index contributed by atoms with van der Waals surface area (Å²) in [5.74, 6) is 0.669. The summed E-state index contributed by atoms with van der Waals surface area (Å²) in [6.07, 6.45) is 3.07. The smallest absolute Gasteiger partial charge is 0.0720 e. The van der Waals surface area contributed by atoms with Crippen LogP contribution in [0, 0.1) is 0 Å². The molecule has 2 aromatic rings. The Labute approximate surface area is 171 Å². The summed E-state index contributed by atoms with van der Waals surface area (Å²) in [6, 6.07) is 19.8. The van der Waals surface area contributed by atoms with Gasteiger partial charge in [-0.1, -0.05) is 58.4 Å². The van der Waals surface area contributed by atoms with E-state index in [9.17, 15) is 5.11 Å². The molecule has 1 N–H and O–H groups in total. The molecule has 3 nitrogen and oxygen atoms in total. The van der Waals surface area contributed by atoms with E-state index >= 15 is 0 Å². The highest BCUT2D eigenvalue weighted by Crippen LogP contribution is 2.30. The number of rotatable bonds is 4. The number of aliphatic hydroxyl groups excluding tert-OH is 1. The summed E-state index contributed by atoms with van der Waals surface area (Å²) in [5, 5.41) is 10.6. The molecule has 0 saturated carbocycles. The third-order valence-electron chi connectivity index (χ3n) is 6.22. The zero-order valence-corrected chi connectivity index (χ0v) is 17.4. The minimum absolute atomic E-state index is 0.195. The molecular formula is C23H29BrN2O. The highest BCUT2D eigenvalue weighted by Gasteiger charge is 2.34. The van der Waals surface area contributed by atoms with Crippen molar-refractivity contribution in [3.63, 3.8) is 0 Å². The molecule has 2 aliphatic heterocycles. The Bertz CT molecular complexity index is 713. The molecule has 2 unspecified atom stereocenters. The summed E-state index contributed by atoms with van der Waals surface area (Å²) < 4.78 is 1.12. The van der Waals surface area contributed by atoms with E-state index in [2.05, 4.69) is 80.3 Å². The lowest BCUT2D eigenvalue weighted by Gasteiger charge is -2.45. The van der Waals surface area contributed by atoms with E-state index in [0.717, 1.165) is 43.6 Å². The summed E-state index contributed by atoms with van der Waals surface area (Å²) >= 11 is 3.51. The van der Waals surface area contributed by atoms with Gasteiger partial charge < -0.3 is 5.11 Å². The molecule has 2 aromatic carbocycles. The summed E-state index contributed by atoms with van der Waals surface area (Å²) in [5.41, 5.74) is 2.81. The van der Waals surface area contributed by atoms with Crippen LogP contribution >= 0.6 is 15.9 Å². The molecular weight excluding hydrogens is 400 g/mol. The van der Waals surface area contributed by atoms with Gasteiger partial charge in [0, 0.05) is 30.1 Å². The van der Waals surface area contributed by atoms with Gasteiger partial charge in [0.1, 0.15) is 0 Å². The molecule has 4 rings (SSSR count). The molecule has 2 fully saturated rings. The second-order valence-electron chi connectivity index (χ2n) is 8.01. The Morgan fingerprint density at radius 1 is 0.889 bits per heavy atom. The maximum absolute atomic E-state index is 10.6. The van der Waals surface area contributed by atoms with Gasteiger partial charge in [-0.2, -0.15) is 0 Å². The quantitative estimate of drug-likeness (QED) is 0.787. The standard InChI is InChI=1S/C23H29BrN2O/c24-21-8-6-18(7-9-21)16-25-13-12-23(27)22(17-25)26-14-10-20(11-15-26)19-4-2-1-3-5-19/h1-9,20,22-23,27H,10-17H2. The highest BCUT2D eigenvalue weighted by molar-refractivity contribution is 9.10. The Morgan fingerprint density at radius 2 is 1.59 bits per heavy atom. The summed E-state index contributed by atoms with van der Waals surface area (Å²) in [6.45, 7) is 5.10. The van der Waals surface area contributed by atoms with Crippen LogP contribution < -0.4 is 0 Å². The largest absolute Gasteiger partial charge is 0.391 e. The van der Waals surface area contributed by atoms with E-state index in [0.29, 0.717) is 5.92 Å². The van der Waals surface area contributed by atoms with Crippen molar-refractivity contribution >= 4 is 15.9 Å². The Hall–Kier alpha value is -1.20. The number of benzene rings is 2. The van der Waals surface area contributed by atoms with Crippen molar-refractivity contribution in [3.05, 3.63) is 70.2 Å². The van der Waals surface area contributed by atoms with Crippen LogP contribution in [0.15, 0.2) is 59.1 Å². The monoisotopic (exact) mass is 428 g/mol. The number of nitrogens with zero attached hydrogens (tertiary/aromatic N) is 2. The minimum atomic E-state index is -0.195. The normalized spacial score (nSPS) is 25.6. The number of halogens is 1. The molecule has 0 bridgehead atoms. The topological polar surface area (TPSA) is 26.7 Å². The highest BCUT2D eigenvalue weighted by atomic mass is 79.9. The number of likely N-dealkylation sites (tertiary alicyclic amines) is 2. The fourth-order valence-electron chi connectivity index (χ4n) is 4.62. The van der Waals surface area contributed by atoms with Crippen LogP contribution in [-0.4, -0.2) is 53.2 Å². The van der Waals surface area contributed by atoms with Gasteiger partial charge in [-0.3, -0.25) is 9.80 Å². The first-order valence-corrected chi connectivity index (χ1v) is 10.9. The van der Waals surface area contributed by atoms with Gasteiger partial charge in [-0.05, 0) is 61.5 Å². The molecule has 0 amide bonds. The van der Waals surface area contributed by atoms with Crippen molar-refractivity contribution in [3.8, 4) is 0 Å². The Kier molecular flexibility index (Phi) is 6.28. The first kappa shape index (κ1) is 19.1. The molecule has 4 heteroatoms. The van der Waals surface area contributed by atoms with Gasteiger partial charge in [0.25, 0.3) is 0 Å². The first-order valence-electron chi connectivity index (χ1n) is 10.1. The van der Waals surface area contributed by atoms with Crippen LogP contribution in [0.1, 0.15) is 36.3 Å². The van der Waals surface area contributed by atoms with Gasteiger partial charge in [-0.15, -0.1) is 0 Å². The van der Waals surface area contributed by atoms with Crippen LogP contribution in [-0.2, 0) is 6.54 Å². The fourth-order valence-corrected chi connectivity index (χ4v) is 4.89. The van der Waals surface area contributed by atoms with E-state index in [1.807, 2.05) is 0 Å². The predicted octanol–water partition coefficient (Wildman–Crippen LogP) is 4.26. The molecule has 144 valence electrons. The van der Waals surface area contributed by atoms with E-state index in [4.69, 9.17) is 0 Å². The molecule has 2 heterocycles. The Balaban J connectivity index is 1.34. The number of hydrogen-bond donors (Lipinski definition) is 1. The van der Waals surface area contributed by atoms with Gasteiger partial charge >= 0.3 is 0 Å². The molecule has 2 saturated heterocycles. The zero-order valence-electron chi connectivity index (χ0n) is 15.8. The summed E-state index contributed by atoms with van der Waals surface area (Å²) in [4.78, 5) is 5.04. The average molecular weight is 429 g/mol. The average Bonchev–Trinajstić information content (AvgIpc) is 2.72. The molecule has 2 atom stereocenters. The van der Waals surface area contributed by atoms with Gasteiger partial charge in [0.2, 0.25) is 0 Å². The lowest BCUT2D eigenvalue weighted by molar-refractivity contribution is -0.0222. The fraction of sp³-hybridized carbons (Fsp3) is 0.478. The van der Waals surface area contributed by atoms with E-state index in [-0.39, 0.29) is 12.1 Å². The van der Waals surface area contributed by atoms with Crippen molar-refractivity contribution in [2.45, 2.75) is 43.9 Å². The van der Waals surface area contributed by atoms with Crippen LogP contribution in [0.3, 0.4) is 0 Å². The van der Waals surface area contributed by atoms with E-state index in [1.54, 1.807) is 0 Å².